The van der Waals surface area contributed by atoms with Gasteiger partial charge in [0, 0.05) is 6.54 Å². The number of aliphatic hydroxyl groups is 1. The molecule has 0 saturated carbocycles. The molecule has 66 valence electrons. The van der Waals surface area contributed by atoms with Crippen molar-refractivity contribution in [1.82, 2.24) is 5.32 Å². The fraction of sp³-hybridized carbons (Fsp3) is 1.00. The lowest BCUT2D eigenvalue weighted by Gasteiger charge is -2.29. The first-order chi connectivity index (χ1) is 5.20. The maximum absolute atomic E-state index is 9.58. The molecule has 0 spiro atoms. The highest BCUT2D eigenvalue weighted by molar-refractivity contribution is 4.77. The van der Waals surface area contributed by atoms with Crippen molar-refractivity contribution < 1.29 is 5.11 Å². The molecule has 2 atom stereocenters. The smallest absolute Gasteiger partial charge is 0.0592 e. The Balaban J connectivity index is 2.29. The van der Waals surface area contributed by atoms with Crippen molar-refractivity contribution in [1.29, 1.82) is 0 Å². The Morgan fingerprint density at radius 3 is 2.82 bits per heavy atom. The van der Waals surface area contributed by atoms with E-state index in [-0.39, 0.29) is 6.10 Å². The Morgan fingerprint density at radius 2 is 2.27 bits per heavy atom. The fourth-order valence-corrected chi connectivity index (χ4v) is 1.76. The molecule has 2 nitrogen and oxygen atoms in total. The molecule has 0 bridgehead atoms. The minimum Gasteiger partial charge on any atom is -0.393 e. The van der Waals surface area contributed by atoms with E-state index in [9.17, 15) is 5.11 Å². The van der Waals surface area contributed by atoms with Crippen molar-refractivity contribution in [2.45, 2.75) is 32.8 Å². The predicted molar refractivity (Wildman–Crippen MR) is 46.4 cm³/mol. The van der Waals surface area contributed by atoms with Crippen molar-refractivity contribution in [3.63, 3.8) is 0 Å². The summed E-state index contributed by atoms with van der Waals surface area (Å²) >= 11 is 0. The fourth-order valence-electron chi connectivity index (χ4n) is 1.76. The van der Waals surface area contributed by atoms with Crippen LogP contribution in [0.3, 0.4) is 0 Å². The van der Waals surface area contributed by atoms with E-state index in [1.165, 1.54) is 0 Å². The van der Waals surface area contributed by atoms with E-state index >= 15 is 0 Å². The number of nitrogens with one attached hydrogen (secondary N) is 1. The van der Waals surface area contributed by atoms with Gasteiger partial charge in [-0.1, -0.05) is 13.8 Å². The first-order valence-electron chi connectivity index (χ1n) is 4.59. The molecule has 1 heterocycles. The molecule has 0 aromatic heterocycles. The van der Waals surface area contributed by atoms with E-state index in [0.29, 0.717) is 11.8 Å². The van der Waals surface area contributed by atoms with Gasteiger partial charge in [0.25, 0.3) is 0 Å². The average Bonchev–Trinajstić information content (AvgIpc) is 1.93. The molecule has 1 aliphatic heterocycles. The normalized spacial score (nSPS) is 32.7. The molecule has 1 aliphatic rings. The van der Waals surface area contributed by atoms with Gasteiger partial charge in [-0.15, -0.1) is 0 Å². The summed E-state index contributed by atoms with van der Waals surface area (Å²) in [6.45, 7) is 6.40. The number of hydrogen-bond donors (Lipinski definition) is 2. The number of piperidine rings is 1. The van der Waals surface area contributed by atoms with Crippen LogP contribution in [-0.2, 0) is 0 Å². The van der Waals surface area contributed by atoms with Crippen LogP contribution in [-0.4, -0.2) is 24.3 Å². The van der Waals surface area contributed by atoms with Gasteiger partial charge < -0.3 is 10.4 Å². The van der Waals surface area contributed by atoms with Crippen molar-refractivity contribution in [2.24, 2.45) is 11.8 Å². The zero-order chi connectivity index (χ0) is 8.27. The SMILES string of the molecule is CC(C)C[C@H]1CNCC[C@@H]1O. The van der Waals surface area contributed by atoms with E-state index < -0.39 is 0 Å². The van der Waals surface area contributed by atoms with Crippen LogP contribution in [0.2, 0.25) is 0 Å². The molecule has 0 aliphatic carbocycles. The Kier molecular flexibility index (Phi) is 3.34. The van der Waals surface area contributed by atoms with Crippen LogP contribution < -0.4 is 5.32 Å². The first kappa shape index (κ1) is 9.01. The summed E-state index contributed by atoms with van der Waals surface area (Å²) < 4.78 is 0. The minimum atomic E-state index is -0.0568. The van der Waals surface area contributed by atoms with Gasteiger partial charge in [-0.2, -0.15) is 0 Å². The second kappa shape index (κ2) is 4.07. The first-order valence-corrected chi connectivity index (χ1v) is 4.59. The zero-order valence-corrected chi connectivity index (χ0v) is 7.51. The second-order valence-electron chi connectivity index (χ2n) is 3.95. The number of rotatable bonds is 2. The van der Waals surface area contributed by atoms with Crippen molar-refractivity contribution >= 4 is 0 Å². The van der Waals surface area contributed by atoms with E-state index in [1.54, 1.807) is 0 Å². The molecule has 0 aromatic rings. The summed E-state index contributed by atoms with van der Waals surface area (Å²) in [5.41, 5.74) is 0. The maximum Gasteiger partial charge on any atom is 0.0592 e. The van der Waals surface area contributed by atoms with Gasteiger partial charge >= 0.3 is 0 Å². The van der Waals surface area contributed by atoms with Crippen LogP contribution in [0.1, 0.15) is 26.7 Å². The van der Waals surface area contributed by atoms with Crippen molar-refractivity contribution in [3.05, 3.63) is 0 Å². The molecule has 11 heavy (non-hydrogen) atoms. The van der Waals surface area contributed by atoms with Crippen LogP contribution in [0.4, 0.5) is 0 Å². The van der Waals surface area contributed by atoms with Gasteiger partial charge in [0.15, 0.2) is 0 Å². The summed E-state index contributed by atoms with van der Waals surface area (Å²) in [6, 6.07) is 0. The van der Waals surface area contributed by atoms with Crippen LogP contribution >= 0.6 is 0 Å². The Hall–Kier alpha value is -0.0800. The third kappa shape index (κ3) is 2.80. The molecule has 0 aromatic carbocycles. The lowest BCUT2D eigenvalue weighted by molar-refractivity contribution is 0.0679. The van der Waals surface area contributed by atoms with Gasteiger partial charge in [-0.25, -0.2) is 0 Å². The van der Waals surface area contributed by atoms with Gasteiger partial charge in [-0.05, 0) is 31.2 Å². The molecule has 2 N–H and O–H groups in total. The lowest BCUT2D eigenvalue weighted by Crippen LogP contribution is -2.40. The number of hydrogen-bond acceptors (Lipinski definition) is 2. The second-order valence-corrected chi connectivity index (χ2v) is 3.95. The molecular formula is C9H19NO. The Labute approximate surface area is 69.0 Å². The molecule has 0 amide bonds. The van der Waals surface area contributed by atoms with E-state index in [2.05, 4.69) is 19.2 Å². The van der Waals surface area contributed by atoms with Gasteiger partial charge in [0.1, 0.15) is 0 Å². The quantitative estimate of drug-likeness (QED) is 0.627. The summed E-state index contributed by atoms with van der Waals surface area (Å²) in [5.74, 6) is 1.19. The minimum absolute atomic E-state index is 0.0568. The molecule has 0 unspecified atom stereocenters. The average molecular weight is 157 g/mol. The van der Waals surface area contributed by atoms with E-state index in [1.807, 2.05) is 0 Å². The van der Waals surface area contributed by atoms with Gasteiger partial charge in [0.2, 0.25) is 0 Å². The molecule has 2 heteroatoms. The van der Waals surface area contributed by atoms with Crippen molar-refractivity contribution in [3.8, 4) is 0 Å². The molecule has 1 fully saturated rings. The third-order valence-electron chi connectivity index (χ3n) is 2.34. The largest absolute Gasteiger partial charge is 0.393 e. The van der Waals surface area contributed by atoms with Crippen LogP contribution in [0.5, 0.6) is 0 Å². The third-order valence-corrected chi connectivity index (χ3v) is 2.34. The maximum atomic E-state index is 9.58. The Bertz CT molecular complexity index is 114. The van der Waals surface area contributed by atoms with Crippen molar-refractivity contribution in [2.75, 3.05) is 13.1 Å². The van der Waals surface area contributed by atoms with E-state index in [4.69, 9.17) is 0 Å². The summed E-state index contributed by atoms with van der Waals surface area (Å²) in [4.78, 5) is 0. The summed E-state index contributed by atoms with van der Waals surface area (Å²) in [5, 5.41) is 12.9. The summed E-state index contributed by atoms with van der Waals surface area (Å²) in [6.07, 6.45) is 2.02. The van der Waals surface area contributed by atoms with Gasteiger partial charge in [0.05, 0.1) is 6.10 Å². The number of aliphatic hydroxyl groups excluding tert-OH is 1. The molecular weight excluding hydrogens is 138 g/mol. The topological polar surface area (TPSA) is 32.3 Å². The molecule has 1 rings (SSSR count). The van der Waals surface area contributed by atoms with E-state index in [0.717, 1.165) is 25.9 Å². The summed E-state index contributed by atoms with van der Waals surface area (Å²) in [7, 11) is 0. The molecule has 1 saturated heterocycles. The predicted octanol–water partition coefficient (Wildman–Crippen LogP) is 1.00. The highest BCUT2D eigenvalue weighted by Gasteiger charge is 2.22. The highest BCUT2D eigenvalue weighted by Crippen LogP contribution is 2.19. The Morgan fingerprint density at radius 1 is 1.55 bits per heavy atom. The zero-order valence-electron chi connectivity index (χ0n) is 7.51. The monoisotopic (exact) mass is 157 g/mol. The molecule has 0 radical (unpaired) electrons. The van der Waals surface area contributed by atoms with Crippen LogP contribution in [0.25, 0.3) is 0 Å². The highest BCUT2D eigenvalue weighted by atomic mass is 16.3. The lowest BCUT2D eigenvalue weighted by atomic mass is 9.88. The van der Waals surface area contributed by atoms with Crippen LogP contribution in [0, 0.1) is 11.8 Å². The van der Waals surface area contributed by atoms with Gasteiger partial charge in [-0.3, -0.25) is 0 Å². The van der Waals surface area contributed by atoms with Crippen LogP contribution in [0.15, 0.2) is 0 Å². The standard InChI is InChI=1S/C9H19NO/c1-7(2)5-8-6-10-4-3-9(8)11/h7-11H,3-6H2,1-2H3/t8-,9-/m0/s1.